The molecule has 0 aliphatic heterocycles. The van der Waals surface area contributed by atoms with Gasteiger partial charge in [0.1, 0.15) is 0 Å². The predicted octanol–water partition coefficient (Wildman–Crippen LogP) is 7.76. The molecule has 1 N–H and O–H groups in total. The van der Waals surface area contributed by atoms with E-state index in [0.717, 1.165) is 22.4 Å². The lowest BCUT2D eigenvalue weighted by atomic mass is 9.91. The van der Waals surface area contributed by atoms with Crippen molar-refractivity contribution in [2.75, 3.05) is 5.32 Å². The molecule has 0 bridgehead atoms. The van der Waals surface area contributed by atoms with Gasteiger partial charge in [-0.1, -0.05) is 55.7 Å². The molecule has 1 saturated carbocycles. The van der Waals surface area contributed by atoms with Crippen molar-refractivity contribution in [1.82, 2.24) is 9.88 Å². The minimum atomic E-state index is -0.0887. The SMILES string of the molecule is CC(C)N(Cc1cc(C(=O)Nc2ccc3scnc3c2)ccc1-c1ccccc1)C1CCCCC1. The zero-order valence-electron chi connectivity index (χ0n) is 20.5. The first-order valence-electron chi connectivity index (χ1n) is 12.7. The van der Waals surface area contributed by atoms with Gasteiger partial charge in [-0.2, -0.15) is 0 Å². The fourth-order valence-corrected chi connectivity index (χ4v) is 5.91. The van der Waals surface area contributed by atoms with E-state index in [1.807, 2.05) is 35.8 Å². The van der Waals surface area contributed by atoms with Crippen LogP contribution in [0, 0.1) is 0 Å². The molecule has 5 heteroatoms. The Morgan fingerprint density at radius 3 is 2.60 bits per heavy atom. The van der Waals surface area contributed by atoms with E-state index in [1.54, 1.807) is 11.3 Å². The number of benzene rings is 3. The number of rotatable bonds is 7. The molecule has 1 heterocycles. The van der Waals surface area contributed by atoms with Gasteiger partial charge in [0.05, 0.1) is 15.7 Å². The average Bonchev–Trinajstić information content (AvgIpc) is 3.36. The molecule has 1 fully saturated rings. The van der Waals surface area contributed by atoms with Gasteiger partial charge < -0.3 is 5.32 Å². The molecule has 0 radical (unpaired) electrons. The molecule has 0 spiro atoms. The summed E-state index contributed by atoms with van der Waals surface area (Å²) in [7, 11) is 0. The van der Waals surface area contributed by atoms with Crippen LogP contribution in [0.5, 0.6) is 0 Å². The molecule has 180 valence electrons. The molecule has 0 atom stereocenters. The summed E-state index contributed by atoms with van der Waals surface area (Å²) in [6.07, 6.45) is 6.49. The standard InChI is InChI=1S/C30H33N3OS/c1-21(2)33(26-11-7-4-8-12-26)19-24-17-23(13-15-27(24)22-9-5-3-6-10-22)30(34)32-25-14-16-29-28(18-25)31-20-35-29/h3,5-6,9-10,13-18,20-21,26H,4,7-8,11-12,19H2,1-2H3,(H,32,34). The number of hydrogen-bond donors (Lipinski definition) is 1. The number of carbonyl (C=O) groups is 1. The number of fused-ring (bicyclic) bond motifs is 1. The van der Waals surface area contributed by atoms with Crippen LogP contribution in [0.4, 0.5) is 5.69 Å². The Kier molecular flexibility index (Phi) is 7.26. The largest absolute Gasteiger partial charge is 0.322 e. The highest BCUT2D eigenvalue weighted by atomic mass is 32.1. The quantitative estimate of drug-likeness (QED) is 0.292. The third-order valence-electron chi connectivity index (χ3n) is 7.10. The zero-order valence-corrected chi connectivity index (χ0v) is 21.4. The van der Waals surface area contributed by atoms with Crippen molar-refractivity contribution < 1.29 is 4.79 Å². The second kappa shape index (κ2) is 10.7. The minimum absolute atomic E-state index is 0.0887. The molecule has 1 amide bonds. The van der Waals surface area contributed by atoms with Gasteiger partial charge in [-0.05, 0) is 73.7 Å². The summed E-state index contributed by atoms with van der Waals surface area (Å²) in [5.41, 5.74) is 7.80. The summed E-state index contributed by atoms with van der Waals surface area (Å²) >= 11 is 1.60. The van der Waals surface area contributed by atoms with Gasteiger partial charge in [0, 0.05) is 29.9 Å². The number of thiazole rings is 1. The Hall–Kier alpha value is -3.02. The lowest BCUT2D eigenvalue weighted by molar-refractivity contribution is 0.102. The maximum Gasteiger partial charge on any atom is 0.255 e. The van der Waals surface area contributed by atoms with E-state index < -0.39 is 0 Å². The van der Waals surface area contributed by atoms with Crippen LogP contribution in [-0.4, -0.2) is 27.9 Å². The van der Waals surface area contributed by atoms with Crippen molar-refractivity contribution in [2.24, 2.45) is 0 Å². The van der Waals surface area contributed by atoms with Crippen molar-refractivity contribution in [1.29, 1.82) is 0 Å². The topological polar surface area (TPSA) is 45.2 Å². The molecule has 35 heavy (non-hydrogen) atoms. The molecule has 3 aromatic carbocycles. The first-order valence-corrected chi connectivity index (χ1v) is 13.5. The Labute approximate surface area is 212 Å². The van der Waals surface area contributed by atoms with Gasteiger partial charge in [0.2, 0.25) is 0 Å². The lowest BCUT2D eigenvalue weighted by Crippen LogP contribution is -2.41. The van der Waals surface area contributed by atoms with Gasteiger partial charge in [-0.15, -0.1) is 11.3 Å². The van der Waals surface area contributed by atoms with Crippen LogP contribution >= 0.6 is 11.3 Å². The van der Waals surface area contributed by atoms with Crippen LogP contribution in [0.1, 0.15) is 61.9 Å². The molecule has 4 nitrogen and oxygen atoms in total. The van der Waals surface area contributed by atoms with Crippen molar-refractivity contribution in [3.63, 3.8) is 0 Å². The number of nitrogens with one attached hydrogen (secondary N) is 1. The molecule has 5 rings (SSSR count). The first kappa shape index (κ1) is 23.7. The third kappa shape index (κ3) is 5.47. The fourth-order valence-electron chi connectivity index (χ4n) is 5.25. The van der Waals surface area contributed by atoms with Crippen molar-refractivity contribution in [3.8, 4) is 11.1 Å². The summed E-state index contributed by atoms with van der Waals surface area (Å²) in [5.74, 6) is -0.0887. The molecule has 1 aromatic heterocycles. The molecule has 4 aromatic rings. The number of anilines is 1. The normalized spacial score (nSPS) is 14.6. The monoisotopic (exact) mass is 483 g/mol. The summed E-state index contributed by atoms with van der Waals surface area (Å²) < 4.78 is 1.12. The van der Waals surface area contributed by atoms with E-state index >= 15 is 0 Å². The van der Waals surface area contributed by atoms with E-state index in [-0.39, 0.29) is 5.91 Å². The summed E-state index contributed by atoms with van der Waals surface area (Å²) in [4.78, 5) is 20.3. The predicted molar refractivity (Wildman–Crippen MR) is 147 cm³/mol. The van der Waals surface area contributed by atoms with E-state index in [2.05, 4.69) is 65.4 Å². The number of aromatic nitrogens is 1. The minimum Gasteiger partial charge on any atom is -0.322 e. The van der Waals surface area contributed by atoms with Gasteiger partial charge in [-0.25, -0.2) is 4.98 Å². The summed E-state index contributed by atoms with van der Waals surface area (Å²) in [6.45, 7) is 5.43. The van der Waals surface area contributed by atoms with Gasteiger partial charge >= 0.3 is 0 Å². The smallest absolute Gasteiger partial charge is 0.255 e. The zero-order chi connectivity index (χ0) is 24.2. The van der Waals surface area contributed by atoms with Gasteiger partial charge in [0.15, 0.2) is 0 Å². The Morgan fingerprint density at radius 1 is 1.03 bits per heavy atom. The van der Waals surface area contributed by atoms with Crippen LogP contribution < -0.4 is 5.32 Å². The van der Waals surface area contributed by atoms with Crippen LogP contribution in [0.3, 0.4) is 0 Å². The Morgan fingerprint density at radius 2 is 1.83 bits per heavy atom. The Bertz CT molecular complexity index is 1290. The second-order valence-corrected chi connectivity index (χ2v) is 10.7. The van der Waals surface area contributed by atoms with E-state index in [0.29, 0.717) is 17.6 Å². The van der Waals surface area contributed by atoms with E-state index in [9.17, 15) is 4.79 Å². The van der Waals surface area contributed by atoms with Gasteiger partial charge in [-0.3, -0.25) is 9.69 Å². The highest BCUT2D eigenvalue weighted by molar-refractivity contribution is 7.16. The maximum atomic E-state index is 13.3. The number of carbonyl (C=O) groups excluding carboxylic acids is 1. The summed E-state index contributed by atoms with van der Waals surface area (Å²) in [5, 5.41) is 3.08. The number of amides is 1. The Balaban J connectivity index is 1.46. The van der Waals surface area contributed by atoms with E-state index in [4.69, 9.17) is 0 Å². The first-order chi connectivity index (χ1) is 17.1. The number of nitrogens with zero attached hydrogens (tertiary/aromatic N) is 2. The molecule has 0 unspecified atom stereocenters. The van der Waals surface area contributed by atoms with Crippen LogP contribution in [0.15, 0.2) is 72.2 Å². The molecule has 1 aliphatic carbocycles. The number of hydrogen-bond acceptors (Lipinski definition) is 4. The second-order valence-electron chi connectivity index (χ2n) is 9.78. The van der Waals surface area contributed by atoms with E-state index in [1.165, 1.54) is 48.8 Å². The van der Waals surface area contributed by atoms with Crippen molar-refractivity contribution >= 4 is 33.1 Å². The molecular formula is C30H33N3OS. The highest BCUT2D eigenvalue weighted by Crippen LogP contribution is 2.31. The molecular weight excluding hydrogens is 450 g/mol. The van der Waals surface area contributed by atoms with Crippen molar-refractivity contribution in [3.05, 3.63) is 83.4 Å². The molecule has 0 saturated heterocycles. The van der Waals surface area contributed by atoms with Gasteiger partial charge in [0.25, 0.3) is 5.91 Å². The fraction of sp³-hybridized carbons (Fsp3) is 0.333. The van der Waals surface area contributed by atoms with Crippen LogP contribution in [-0.2, 0) is 6.54 Å². The third-order valence-corrected chi connectivity index (χ3v) is 7.91. The average molecular weight is 484 g/mol. The van der Waals surface area contributed by atoms with Crippen molar-refractivity contribution in [2.45, 2.75) is 64.6 Å². The maximum absolute atomic E-state index is 13.3. The highest BCUT2D eigenvalue weighted by Gasteiger charge is 2.25. The lowest BCUT2D eigenvalue weighted by Gasteiger charge is -2.38. The summed E-state index contributed by atoms with van der Waals surface area (Å²) in [6, 6.07) is 23.6. The van der Waals surface area contributed by atoms with Crippen LogP contribution in [0.2, 0.25) is 0 Å². The molecule has 1 aliphatic rings. The van der Waals surface area contributed by atoms with Crippen LogP contribution in [0.25, 0.3) is 21.3 Å².